The average molecular weight is 238 g/mol. The van der Waals surface area contributed by atoms with Crippen molar-refractivity contribution in [1.29, 1.82) is 0 Å². The Morgan fingerprint density at radius 3 is 2.65 bits per heavy atom. The molecule has 2 bridgehead atoms. The van der Waals surface area contributed by atoms with Crippen molar-refractivity contribution in [2.24, 2.45) is 11.3 Å². The van der Waals surface area contributed by atoms with Crippen molar-refractivity contribution >= 4 is 0 Å². The minimum atomic E-state index is 0.472. The standard InChI is InChI=1S/C15H30N2/c1-4-8-16-11-15(3,5-2)12-17-10-13-6-7-14(17)9-13/h13-14,16H,4-12H2,1-3H3. The Kier molecular flexibility index (Phi) is 4.48. The van der Waals surface area contributed by atoms with Crippen molar-refractivity contribution in [2.45, 2.75) is 58.9 Å². The number of nitrogens with one attached hydrogen (secondary N) is 1. The Labute approximate surface area is 107 Å². The van der Waals surface area contributed by atoms with Gasteiger partial charge in [-0.3, -0.25) is 4.90 Å². The zero-order valence-corrected chi connectivity index (χ0v) is 12.0. The van der Waals surface area contributed by atoms with Crippen molar-refractivity contribution in [3.63, 3.8) is 0 Å². The van der Waals surface area contributed by atoms with E-state index in [9.17, 15) is 0 Å². The number of piperidine rings is 1. The molecule has 3 unspecified atom stereocenters. The number of nitrogens with zero attached hydrogens (tertiary/aromatic N) is 1. The normalized spacial score (nSPS) is 31.9. The van der Waals surface area contributed by atoms with E-state index in [1.165, 1.54) is 58.3 Å². The summed E-state index contributed by atoms with van der Waals surface area (Å²) in [7, 11) is 0. The van der Waals surface area contributed by atoms with E-state index in [-0.39, 0.29) is 0 Å². The second-order valence-corrected chi connectivity index (χ2v) is 6.60. The minimum Gasteiger partial charge on any atom is -0.316 e. The van der Waals surface area contributed by atoms with Crippen molar-refractivity contribution in [3.05, 3.63) is 0 Å². The highest BCUT2D eigenvalue weighted by Gasteiger charge is 2.40. The lowest BCUT2D eigenvalue weighted by molar-refractivity contribution is 0.125. The lowest BCUT2D eigenvalue weighted by Gasteiger charge is -2.37. The zero-order chi connectivity index (χ0) is 12.3. The predicted octanol–water partition coefficient (Wildman–Crippen LogP) is 2.89. The fraction of sp³-hybridized carbons (Fsp3) is 1.00. The molecule has 2 rings (SSSR count). The van der Waals surface area contributed by atoms with E-state index in [1.54, 1.807) is 0 Å². The highest BCUT2D eigenvalue weighted by atomic mass is 15.2. The van der Waals surface area contributed by atoms with Gasteiger partial charge in [0.1, 0.15) is 0 Å². The molecule has 2 nitrogen and oxygen atoms in total. The van der Waals surface area contributed by atoms with Crippen molar-refractivity contribution in [1.82, 2.24) is 10.2 Å². The Hall–Kier alpha value is -0.0800. The lowest BCUT2D eigenvalue weighted by atomic mass is 9.86. The summed E-state index contributed by atoms with van der Waals surface area (Å²) in [6, 6.07) is 0.928. The second kappa shape index (κ2) is 5.71. The highest BCUT2D eigenvalue weighted by Crippen LogP contribution is 2.39. The van der Waals surface area contributed by atoms with E-state index in [4.69, 9.17) is 0 Å². The quantitative estimate of drug-likeness (QED) is 0.686. The maximum atomic E-state index is 3.62. The summed E-state index contributed by atoms with van der Waals surface area (Å²) >= 11 is 0. The molecule has 17 heavy (non-hydrogen) atoms. The van der Waals surface area contributed by atoms with Crippen LogP contribution in [0.4, 0.5) is 0 Å². The van der Waals surface area contributed by atoms with Gasteiger partial charge in [-0.1, -0.05) is 20.8 Å². The molecule has 2 heteroatoms. The number of likely N-dealkylation sites (tertiary alicyclic amines) is 1. The maximum absolute atomic E-state index is 3.62. The molecular formula is C15H30N2. The fourth-order valence-corrected chi connectivity index (χ4v) is 3.57. The first kappa shape index (κ1) is 13.4. The van der Waals surface area contributed by atoms with Crippen LogP contribution in [0.3, 0.4) is 0 Å². The molecule has 1 N–H and O–H groups in total. The van der Waals surface area contributed by atoms with Crippen LogP contribution in [0, 0.1) is 11.3 Å². The summed E-state index contributed by atoms with van der Waals surface area (Å²) in [6.45, 7) is 12.1. The minimum absolute atomic E-state index is 0.472. The van der Waals surface area contributed by atoms with Gasteiger partial charge in [-0.15, -0.1) is 0 Å². The first-order valence-electron chi connectivity index (χ1n) is 7.61. The second-order valence-electron chi connectivity index (χ2n) is 6.60. The Balaban J connectivity index is 1.81. The molecule has 1 aliphatic carbocycles. The molecule has 0 spiro atoms. The molecule has 0 aromatic carbocycles. The molecule has 0 aromatic rings. The van der Waals surface area contributed by atoms with Crippen LogP contribution in [-0.2, 0) is 0 Å². The van der Waals surface area contributed by atoms with Gasteiger partial charge in [0.2, 0.25) is 0 Å². The van der Waals surface area contributed by atoms with Gasteiger partial charge in [0.05, 0.1) is 0 Å². The van der Waals surface area contributed by atoms with E-state index in [0.717, 1.165) is 12.0 Å². The summed E-state index contributed by atoms with van der Waals surface area (Å²) in [4.78, 5) is 2.78. The van der Waals surface area contributed by atoms with E-state index in [2.05, 4.69) is 31.0 Å². The van der Waals surface area contributed by atoms with E-state index in [1.807, 2.05) is 0 Å². The Morgan fingerprint density at radius 1 is 1.29 bits per heavy atom. The summed E-state index contributed by atoms with van der Waals surface area (Å²) in [5, 5.41) is 3.62. The average Bonchev–Trinajstić information content (AvgIpc) is 2.91. The molecule has 0 radical (unpaired) electrons. The van der Waals surface area contributed by atoms with Crippen LogP contribution in [0.15, 0.2) is 0 Å². The molecule has 3 atom stereocenters. The van der Waals surface area contributed by atoms with E-state index >= 15 is 0 Å². The van der Waals surface area contributed by atoms with Gasteiger partial charge >= 0.3 is 0 Å². The molecule has 100 valence electrons. The molecular weight excluding hydrogens is 208 g/mol. The SMILES string of the molecule is CCCNCC(C)(CC)CN1CC2CCC1C2. The van der Waals surface area contributed by atoms with E-state index in [0.29, 0.717) is 5.41 Å². The van der Waals surface area contributed by atoms with Gasteiger partial charge in [0.25, 0.3) is 0 Å². The molecule has 2 aliphatic rings. The molecule has 0 aromatic heterocycles. The largest absolute Gasteiger partial charge is 0.316 e. The van der Waals surface area contributed by atoms with Crippen molar-refractivity contribution in [2.75, 3.05) is 26.2 Å². The van der Waals surface area contributed by atoms with Crippen molar-refractivity contribution < 1.29 is 0 Å². The number of rotatable bonds is 7. The van der Waals surface area contributed by atoms with Gasteiger partial charge in [-0.25, -0.2) is 0 Å². The summed E-state index contributed by atoms with van der Waals surface area (Å²) < 4.78 is 0. The maximum Gasteiger partial charge on any atom is 0.00988 e. The molecule has 0 amide bonds. The molecule has 2 fully saturated rings. The predicted molar refractivity (Wildman–Crippen MR) is 74.3 cm³/mol. The number of hydrogen-bond donors (Lipinski definition) is 1. The zero-order valence-electron chi connectivity index (χ0n) is 12.0. The van der Waals surface area contributed by atoms with Crippen LogP contribution < -0.4 is 5.32 Å². The fourth-order valence-electron chi connectivity index (χ4n) is 3.57. The third-order valence-corrected chi connectivity index (χ3v) is 4.94. The van der Waals surface area contributed by atoms with E-state index < -0.39 is 0 Å². The first-order chi connectivity index (χ1) is 8.17. The number of fused-ring (bicyclic) bond motifs is 2. The third-order valence-electron chi connectivity index (χ3n) is 4.94. The smallest absolute Gasteiger partial charge is 0.00988 e. The molecule has 1 saturated heterocycles. The van der Waals surface area contributed by atoms with Crippen molar-refractivity contribution in [3.8, 4) is 0 Å². The van der Waals surface area contributed by atoms with Gasteiger partial charge in [-0.05, 0) is 50.0 Å². The highest BCUT2D eigenvalue weighted by molar-refractivity contribution is 4.94. The van der Waals surface area contributed by atoms with Crippen LogP contribution in [0.2, 0.25) is 0 Å². The van der Waals surface area contributed by atoms with Crippen LogP contribution >= 0.6 is 0 Å². The summed E-state index contributed by atoms with van der Waals surface area (Å²) in [6.07, 6.45) is 6.99. The van der Waals surface area contributed by atoms with Crippen LogP contribution in [0.5, 0.6) is 0 Å². The van der Waals surface area contributed by atoms with Crippen LogP contribution in [0.25, 0.3) is 0 Å². The topological polar surface area (TPSA) is 15.3 Å². The van der Waals surface area contributed by atoms with Gasteiger partial charge in [0.15, 0.2) is 0 Å². The van der Waals surface area contributed by atoms with Crippen LogP contribution in [-0.4, -0.2) is 37.1 Å². The van der Waals surface area contributed by atoms with Gasteiger partial charge < -0.3 is 5.32 Å². The number of hydrogen-bond acceptors (Lipinski definition) is 2. The molecule has 1 heterocycles. The Bertz CT molecular complexity index is 241. The molecule has 1 aliphatic heterocycles. The Morgan fingerprint density at radius 2 is 2.12 bits per heavy atom. The van der Waals surface area contributed by atoms with Crippen LogP contribution in [0.1, 0.15) is 52.9 Å². The lowest BCUT2D eigenvalue weighted by Crippen LogP contribution is -2.45. The first-order valence-corrected chi connectivity index (χ1v) is 7.61. The summed E-state index contributed by atoms with van der Waals surface area (Å²) in [5.41, 5.74) is 0.472. The monoisotopic (exact) mass is 238 g/mol. The summed E-state index contributed by atoms with van der Waals surface area (Å²) in [5.74, 6) is 1.03. The van der Waals surface area contributed by atoms with Gasteiger partial charge in [-0.2, -0.15) is 0 Å². The third kappa shape index (κ3) is 3.23. The van der Waals surface area contributed by atoms with Gasteiger partial charge in [0, 0.05) is 25.7 Å². The molecule has 1 saturated carbocycles.